The van der Waals surface area contributed by atoms with Crippen molar-refractivity contribution in [2.24, 2.45) is 7.05 Å². The lowest BCUT2D eigenvalue weighted by atomic mass is 10.3. The molecule has 8 nitrogen and oxygen atoms in total. The number of carbonyl (C=O) groups excluding carboxylic acids is 1. The van der Waals surface area contributed by atoms with Crippen molar-refractivity contribution in [1.29, 1.82) is 0 Å². The summed E-state index contributed by atoms with van der Waals surface area (Å²) in [4.78, 5) is 17.9. The Labute approximate surface area is 156 Å². The monoisotopic (exact) mass is 385 g/mol. The van der Waals surface area contributed by atoms with Gasteiger partial charge < -0.3 is 4.90 Å². The van der Waals surface area contributed by atoms with Gasteiger partial charge in [-0.05, 0) is 43.7 Å². The van der Waals surface area contributed by atoms with Gasteiger partial charge in [0.05, 0.1) is 22.5 Å². The third-order valence-corrected chi connectivity index (χ3v) is 6.04. The maximum absolute atomic E-state index is 12.7. The number of carbonyl (C=O) groups is 1. The Kier molecular flexibility index (Phi) is 4.11. The summed E-state index contributed by atoms with van der Waals surface area (Å²) in [5.41, 5.74) is 2.55. The third-order valence-electron chi connectivity index (χ3n) is 4.65. The molecule has 9 heteroatoms. The minimum atomic E-state index is -3.76. The van der Waals surface area contributed by atoms with Crippen LogP contribution in [0, 0.1) is 6.92 Å². The number of aryl methyl sites for hydroxylation is 2. The molecule has 0 saturated carbocycles. The summed E-state index contributed by atoms with van der Waals surface area (Å²) in [6, 6.07) is 8.05. The van der Waals surface area contributed by atoms with Crippen LogP contribution in [0.15, 0.2) is 41.4 Å². The molecule has 4 rings (SSSR count). The highest BCUT2D eigenvalue weighted by molar-refractivity contribution is 7.92. The number of hydrogen-bond acceptors (Lipinski definition) is 5. The average molecular weight is 385 g/mol. The average Bonchev–Trinajstić information content (AvgIpc) is 3.18. The van der Waals surface area contributed by atoms with Gasteiger partial charge in [0.15, 0.2) is 5.65 Å². The topological polar surface area (TPSA) is 97.2 Å². The number of sulfonamides is 1. The first-order valence-electron chi connectivity index (χ1n) is 8.58. The lowest BCUT2D eigenvalue weighted by Crippen LogP contribution is -2.23. The number of amides is 1. The Morgan fingerprint density at radius 2 is 1.93 bits per heavy atom. The second-order valence-electron chi connectivity index (χ2n) is 6.55. The van der Waals surface area contributed by atoms with Gasteiger partial charge >= 0.3 is 0 Å². The van der Waals surface area contributed by atoms with Gasteiger partial charge in [0.25, 0.3) is 10.0 Å². The first-order valence-corrected chi connectivity index (χ1v) is 10.1. The lowest BCUT2D eigenvalue weighted by Gasteiger charge is -2.16. The summed E-state index contributed by atoms with van der Waals surface area (Å²) in [5, 5.41) is 5.08. The standard InChI is InChI=1S/C18H19N5O3S/c1-12-16-10-13(11-19-18(16)22(2)20-12)21-27(25,26)15-7-5-14(6-8-15)23-9-3-4-17(23)24/h5-8,10-11,21H,3-4,9H2,1-2H3. The number of anilines is 2. The van der Waals surface area contributed by atoms with Gasteiger partial charge in [-0.3, -0.25) is 14.2 Å². The SMILES string of the molecule is Cc1nn(C)c2ncc(NS(=O)(=O)c3ccc(N4CCCC4=O)cc3)cc12. The summed E-state index contributed by atoms with van der Waals surface area (Å²) in [7, 11) is -1.97. The molecule has 0 radical (unpaired) electrons. The normalized spacial score (nSPS) is 14.9. The number of fused-ring (bicyclic) bond motifs is 1. The fraction of sp³-hybridized carbons (Fsp3) is 0.278. The first kappa shape index (κ1) is 17.5. The minimum Gasteiger partial charge on any atom is -0.312 e. The van der Waals surface area contributed by atoms with E-state index < -0.39 is 10.0 Å². The van der Waals surface area contributed by atoms with Gasteiger partial charge in [-0.15, -0.1) is 0 Å². The van der Waals surface area contributed by atoms with E-state index in [1.807, 2.05) is 6.92 Å². The van der Waals surface area contributed by atoms with Crippen molar-refractivity contribution in [2.75, 3.05) is 16.2 Å². The largest absolute Gasteiger partial charge is 0.312 e. The van der Waals surface area contributed by atoms with Crippen LogP contribution in [0.4, 0.5) is 11.4 Å². The molecule has 3 heterocycles. The maximum Gasteiger partial charge on any atom is 0.261 e. The van der Waals surface area contributed by atoms with Gasteiger partial charge in [-0.1, -0.05) is 0 Å². The van der Waals surface area contributed by atoms with Crippen molar-refractivity contribution in [3.8, 4) is 0 Å². The molecule has 0 bridgehead atoms. The highest BCUT2D eigenvalue weighted by Gasteiger charge is 2.22. The van der Waals surface area contributed by atoms with Gasteiger partial charge in [-0.25, -0.2) is 13.4 Å². The summed E-state index contributed by atoms with van der Waals surface area (Å²) < 4.78 is 29.6. The summed E-state index contributed by atoms with van der Waals surface area (Å²) in [6.45, 7) is 2.51. The smallest absolute Gasteiger partial charge is 0.261 e. The van der Waals surface area contributed by atoms with Crippen LogP contribution in [-0.2, 0) is 21.9 Å². The first-order chi connectivity index (χ1) is 12.8. The number of pyridine rings is 1. The van der Waals surface area contributed by atoms with E-state index >= 15 is 0 Å². The number of hydrogen-bond donors (Lipinski definition) is 1. The minimum absolute atomic E-state index is 0.0648. The fourth-order valence-corrected chi connectivity index (χ4v) is 4.34. The van der Waals surface area contributed by atoms with Crippen molar-refractivity contribution in [3.05, 3.63) is 42.2 Å². The molecule has 0 aliphatic carbocycles. The van der Waals surface area contributed by atoms with Crippen LogP contribution in [0.5, 0.6) is 0 Å². The van der Waals surface area contributed by atoms with Gasteiger partial charge in [0.2, 0.25) is 5.91 Å². The Hall–Kier alpha value is -2.94. The van der Waals surface area contributed by atoms with Crippen LogP contribution in [-0.4, -0.2) is 35.6 Å². The van der Waals surface area contributed by atoms with Crippen LogP contribution >= 0.6 is 0 Å². The molecule has 0 spiro atoms. The van der Waals surface area contributed by atoms with Crippen LogP contribution in [0.25, 0.3) is 11.0 Å². The van der Waals surface area contributed by atoms with E-state index in [0.717, 1.165) is 17.5 Å². The van der Waals surface area contributed by atoms with E-state index in [1.54, 1.807) is 34.8 Å². The van der Waals surface area contributed by atoms with E-state index in [0.29, 0.717) is 30.0 Å². The van der Waals surface area contributed by atoms with Gasteiger partial charge in [0, 0.05) is 31.1 Å². The quantitative estimate of drug-likeness (QED) is 0.743. The number of aromatic nitrogens is 3. The van der Waals surface area contributed by atoms with Crippen molar-refractivity contribution in [3.63, 3.8) is 0 Å². The zero-order chi connectivity index (χ0) is 19.2. The molecular formula is C18H19N5O3S. The van der Waals surface area contributed by atoms with Gasteiger partial charge in [-0.2, -0.15) is 5.10 Å². The van der Waals surface area contributed by atoms with E-state index in [1.165, 1.54) is 18.3 Å². The molecule has 2 aromatic heterocycles. The third kappa shape index (κ3) is 3.14. The second-order valence-corrected chi connectivity index (χ2v) is 8.23. The van der Waals surface area contributed by atoms with E-state index in [4.69, 9.17) is 0 Å². The van der Waals surface area contributed by atoms with Gasteiger partial charge in [0.1, 0.15) is 0 Å². The Morgan fingerprint density at radius 3 is 2.59 bits per heavy atom. The van der Waals surface area contributed by atoms with Crippen molar-refractivity contribution < 1.29 is 13.2 Å². The summed E-state index contributed by atoms with van der Waals surface area (Å²) in [5.74, 6) is 0.0648. The highest BCUT2D eigenvalue weighted by Crippen LogP contribution is 2.25. The van der Waals surface area contributed by atoms with Crippen molar-refractivity contribution in [2.45, 2.75) is 24.7 Å². The van der Waals surface area contributed by atoms with Crippen LogP contribution in [0.2, 0.25) is 0 Å². The second kappa shape index (κ2) is 6.34. The number of nitrogens with zero attached hydrogens (tertiary/aromatic N) is 4. The fourth-order valence-electron chi connectivity index (χ4n) is 3.30. The molecule has 27 heavy (non-hydrogen) atoms. The maximum atomic E-state index is 12.7. The molecule has 1 aliphatic heterocycles. The molecule has 1 fully saturated rings. The number of nitrogens with one attached hydrogen (secondary N) is 1. The molecule has 1 saturated heterocycles. The molecule has 3 aromatic rings. The highest BCUT2D eigenvalue weighted by atomic mass is 32.2. The zero-order valence-corrected chi connectivity index (χ0v) is 15.8. The van der Waals surface area contributed by atoms with E-state index in [9.17, 15) is 13.2 Å². The Balaban J connectivity index is 1.60. The molecular weight excluding hydrogens is 366 g/mol. The molecule has 1 N–H and O–H groups in total. The number of rotatable bonds is 4. The van der Waals surface area contributed by atoms with Crippen LogP contribution in [0.1, 0.15) is 18.5 Å². The zero-order valence-electron chi connectivity index (χ0n) is 15.0. The predicted molar refractivity (Wildman–Crippen MR) is 102 cm³/mol. The molecule has 0 unspecified atom stereocenters. The predicted octanol–water partition coefficient (Wildman–Crippen LogP) is 2.20. The van der Waals surface area contributed by atoms with Crippen molar-refractivity contribution >= 4 is 38.3 Å². The molecule has 1 aliphatic rings. The van der Waals surface area contributed by atoms with Crippen LogP contribution in [0.3, 0.4) is 0 Å². The van der Waals surface area contributed by atoms with Crippen molar-refractivity contribution in [1.82, 2.24) is 14.8 Å². The molecule has 140 valence electrons. The molecule has 1 aromatic carbocycles. The Bertz CT molecular complexity index is 1140. The Morgan fingerprint density at radius 1 is 1.19 bits per heavy atom. The molecule has 0 atom stereocenters. The van der Waals surface area contributed by atoms with E-state index in [-0.39, 0.29) is 10.8 Å². The van der Waals surface area contributed by atoms with Crippen LogP contribution < -0.4 is 9.62 Å². The number of benzene rings is 1. The summed E-state index contributed by atoms with van der Waals surface area (Å²) >= 11 is 0. The summed E-state index contributed by atoms with van der Waals surface area (Å²) in [6.07, 6.45) is 2.83. The lowest BCUT2D eigenvalue weighted by molar-refractivity contribution is -0.117. The van der Waals surface area contributed by atoms with E-state index in [2.05, 4.69) is 14.8 Å². The molecule has 1 amide bonds.